The topological polar surface area (TPSA) is 63.8 Å². The van der Waals surface area contributed by atoms with Crippen LogP contribution in [0.3, 0.4) is 0 Å². The van der Waals surface area contributed by atoms with Crippen molar-refractivity contribution in [3.8, 4) is 0 Å². The van der Waals surface area contributed by atoms with Crippen LogP contribution in [-0.2, 0) is 12.8 Å². The van der Waals surface area contributed by atoms with Crippen molar-refractivity contribution in [2.45, 2.75) is 18.9 Å². The molecule has 1 aromatic carbocycles. The van der Waals surface area contributed by atoms with Gasteiger partial charge < -0.3 is 11.1 Å². The molecule has 1 heterocycles. The Morgan fingerprint density at radius 2 is 1.89 bits per heavy atom. The first-order valence-corrected chi connectivity index (χ1v) is 6.21. The van der Waals surface area contributed by atoms with Crippen LogP contribution in [-0.4, -0.2) is 16.0 Å². The number of fused-ring (bicyclic) bond motifs is 1. The average molecular weight is 261 g/mol. The third-order valence-corrected chi connectivity index (χ3v) is 3.43. The molecule has 0 bridgehead atoms. The fourth-order valence-corrected chi connectivity index (χ4v) is 2.48. The molecule has 0 unspecified atom stereocenters. The van der Waals surface area contributed by atoms with E-state index in [1.54, 1.807) is 0 Å². The van der Waals surface area contributed by atoms with E-state index < -0.39 is 0 Å². The Bertz CT molecular complexity index is 560. The minimum atomic E-state index is 0.234. The molecule has 18 heavy (non-hydrogen) atoms. The lowest BCUT2D eigenvalue weighted by atomic mass is 10.1. The third-order valence-electron chi connectivity index (χ3n) is 3.15. The summed E-state index contributed by atoms with van der Waals surface area (Å²) in [4.78, 5) is 7.97. The number of rotatable bonds is 2. The van der Waals surface area contributed by atoms with Gasteiger partial charge in [0.2, 0.25) is 5.95 Å². The van der Waals surface area contributed by atoms with Crippen LogP contribution in [0.5, 0.6) is 0 Å². The van der Waals surface area contributed by atoms with Gasteiger partial charge in [0.15, 0.2) is 5.82 Å². The van der Waals surface area contributed by atoms with Gasteiger partial charge in [0, 0.05) is 6.04 Å². The minimum Gasteiger partial charge on any atom is -0.368 e. The van der Waals surface area contributed by atoms with Crippen LogP contribution < -0.4 is 11.1 Å². The van der Waals surface area contributed by atoms with Gasteiger partial charge in [-0.05, 0) is 24.0 Å². The van der Waals surface area contributed by atoms with Crippen molar-refractivity contribution in [2.75, 3.05) is 11.1 Å². The zero-order valence-electron chi connectivity index (χ0n) is 9.73. The van der Waals surface area contributed by atoms with Crippen LogP contribution in [0.2, 0.25) is 5.02 Å². The Balaban J connectivity index is 1.78. The molecule has 5 heteroatoms. The molecular formula is C13H13ClN4. The number of nitrogen functional groups attached to an aromatic ring is 1. The highest BCUT2D eigenvalue weighted by Crippen LogP contribution is 2.26. The molecular weight excluding hydrogens is 248 g/mol. The molecule has 0 aliphatic heterocycles. The Hall–Kier alpha value is -1.81. The zero-order chi connectivity index (χ0) is 12.5. The van der Waals surface area contributed by atoms with Crippen molar-refractivity contribution in [2.24, 2.45) is 0 Å². The van der Waals surface area contributed by atoms with E-state index in [1.165, 1.54) is 17.3 Å². The Kier molecular flexibility index (Phi) is 2.80. The number of nitrogens with zero attached hydrogens (tertiary/aromatic N) is 2. The number of aromatic nitrogens is 2. The molecule has 92 valence electrons. The first-order valence-electron chi connectivity index (χ1n) is 5.83. The molecule has 0 spiro atoms. The smallest absolute Gasteiger partial charge is 0.222 e. The fourth-order valence-electron chi connectivity index (χ4n) is 2.34. The SMILES string of the molecule is Nc1ncc(Cl)c(NC2Cc3ccccc3C2)n1. The maximum atomic E-state index is 6.04. The molecule has 0 saturated heterocycles. The average Bonchev–Trinajstić information content (AvgIpc) is 2.76. The number of hydrogen-bond acceptors (Lipinski definition) is 4. The summed E-state index contributed by atoms with van der Waals surface area (Å²) in [5, 5.41) is 3.83. The Morgan fingerprint density at radius 3 is 2.56 bits per heavy atom. The number of halogens is 1. The predicted octanol–water partition coefficient (Wildman–Crippen LogP) is 2.29. The van der Waals surface area contributed by atoms with Crippen molar-refractivity contribution in [1.82, 2.24) is 9.97 Å². The van der Waals surface area contributed by atoms with Gasteiger partial charge in [-0.2, -0.15) is 4.98 Å². The molecule has 0 saturated carbocycles. The quantitative estimate of drug-likeness (QED) is 0.870. The summed E-state index contributed by atoms with van der Waals surface area (Å²) in [7, 11) is 0. The lowest BCUT2D eigenvalue weighted by Gasteiger charge is -2.13. The monoisotopic (exact) mass is 260 g/mol. The van der Waals surface area contributed by atoms with Crippen LogP contribution in [0.4, 0.5) is 11.8 Å². The fraction of sp³-hybridized carbons (Fsp3) is 0.231. The highest BCUT2D eigenvalue weighted by Gasteiger charge is 2.21. The van der Waals surface area contributed by atoms with E-state index in [1.807, 2.05) is 0 Å². The predicted molar refractivity (Wildman–Crippen MR) is 72.7 cm³/mol. The van der Waals surface area contributed by atoms with Gasteiger partial charge in [0.05, 0.1) is 6.20 Å². The molecule has 0 atom stereocenters. The van der Waals surface area contributed by atoms with Crippen molar-refractivity contribution in [3.63, 3.8) is 0 Å². The van der Waals surface area contributed by atoms with Gasteiger partial charge in [0.1, 0.15) is 5.02 Å². The van der Waals surface area contributed by atoms with E-state index in [9.17, 15) is 0 Å². The van der Waals surface area contributed by atoms with Crippen LogP contribution in [0, 0.1) is 0 Å². The molecule has 2 aromatic rings. The zero-order valence-corrected chi connectivity index (χ0v) is 10.5. The first kappa shape index (κ1) is 11.3. The molecule has 3 N–H and O–H groups in total. The van der Waals surface area contributed by atoms with Crippen molar-refractivity contribution < 1.29 is 0 Å². The number of benzene rings is 1. The Morgan fingerprint density at radius 1 is 1.22 bits per heavy atom. The molecule has 1 aliphatic rings. The van der Waals surface area contributed by atoms with Gasteiger partial charge >= 0.3 is 0 Å². The molecule has 1 aliphatic carbocycles. The van der Waals surface area contributed by atoms with E-state index in [0.29, 0.717) is 16.9 Å². The number of nitrogens with two attached hydrogens (primary N) is 1. The van der Waals surface area contributed by atoms with Gasteiger partial charge in [-0.3, -0.25) is 0 Å². The summed E-state index contributed by atoms with van der Waals surface area (Å²) in [6.07, 6.45) is 3.49. The molecule has 0 fully saturated rings. The van der Waals surface area contributed by atoms with Gasteiger partial charge in [-0.15, -0.1) is 0 Å². The lowest BCUT2D eigenvalue weighted by molar-refractivity contribution is 0.768. The molecule has 1 aromatic heterocycles. The first-order chi connectivity index (χ1) is 8.72. The van der Waals surface area contributed by atoms with Gasteiger partial charge in [-0.1, -0.05) is 35.9 Å². The second-order valence-corrected chi connectivity index (χ2v) is 4.85. The second-order valence-electron chi connectivity index (χ2n) is 4.44. The lowest BCUT2D eigenvalue weighted by Crippen LogP contribution is -2.20. The maximum Gasteiger partial charge on any atom is 0.222 e. The van der Waals surface area contributed by atoms with Crippen LogP contribution in [0.1, 0.15) is 11.1 Å². The minimum absolute atomic E-state index is 0.234. The van der Waals surface area contributed by atoms with Gasteiger partial charge in [0.25, 0.3) is 0 Å². The van der Waals surface area contributed by atoms with Crippen LogP contribution in [0.15, 0.2) is 30.5 Å². The summed E-state index contributed by atoms with van der Waals surface area (Å²) in [6.45, 7) is 0. The maximum absolute atomic E-state index is 6.04. The van der Waals surface area contributed by atoms with Gasteiger partial charge in [-0.25, -0.2) is 4.98 Å². The van der Waals surface area contributed by atoms with E-state index >= 15 is 0 Å². The van der Waals surface area contributed by atoms with E-state index in [4.69, 9.17) is 17.3 Å². The summed E-state index contributed by atoms with van der Waals surface area (Å²) in [5.74, 6) is 0.847. The summed E-state index contributed by atoms with van der Waals surface area (Å²) in [6, 6.07) is 8.77. The summed E-state index contributed by atoms with van der Waals surface area (Å²) < 4.78 is 0. The molecule has 3 rings (SSSR count). The number of nitrogens with one attached hydrogen (secondary N) is 1. The van der Waals surface area contributed by atoms with Crippen molar-refractivity contribution >= 4 is 23.4 Å². The standard InChI is InChI=1S/C13H13ClN4/c14-11-7-16-13(15)18-12(11)17-10-5-8-3-1-2-4-9(8)6-10/h1-4,7,10H,5-6H2,(H3,15,16,17,18). The van der Waals surface area contributed by atoms with Crippen molar-refractivity contribution in [3.05, 3.63) is 46.6 Å². The molecule has 0 radical (unpaired) electrons. The van der Waals surface area contributed by atoms with E-state index in [0.717, 1.165) is 12.8 Å². The van der Waals surface area contributed by atoms with Crippen LogP contribution >= 0.6 is 11.6 Å². The molecule has 4 nitrogen and oxygen atoms in total. The largest absolute Gasteiger partial charge is 0.368 e. The number of anilines is 2. The number of hydrogen-bond donors (Lipinski definition) is 2. The summed E-state index contributed by atoms with van der Waals surface area (Å²) >= 11 is 6.04. The third kappa shape index (κ3) is 2.11. The van der Waals surface area contributed by atoms with Crippen LogP contribution in [0.25, 0.3) is 0 Å². The highest BCUT2D eigenvalue weighted by atomic mass is 35.5. The van der Waals surface area contributed by atoms with Crippen molar-refractivity contribution in [1.29, 1.82) is 0 Å². The molecule has 0 amide bonds. The van der Waals surface area contributed by atoms with E-state index in [-0.39, 0.29) is 5.95 Å². The van der Waals surface area contributed by atoms with E-state index in [2.05, 4.69) is 39.6 Å². The highest BCUT2D eigenvalue weighted by molar-refractivity contribution is 6.32. The Labute approximate surface area is 110 Å². The summed E-state index contributed by atoms with van der Waals surface area (Å²) in [5.41, 5.74) is 8.33. The normalized spacial score (nSPS) is 14.5. The second kappa shape index (κ2) is 4.46.